The molecule has 0 radical (unpaired) electrons. The van der Waals surface area contributed by atoms with Crippen molar-refractivity contribution in [2.45, 2.75) is 50.1 Å². The van der Waals surface area contributed by atoms with Crippen LogP contribution in [-0.2, 0) is 0 Å². The van der Waals surface area contributed by atoms with Crippen LogP contribution in [-0.4, -0.2) is 72.4 Å². The Morgan fingerprint density at radius 2 is 1.85 bits per heavy atom. The van der Waals surface area contributed by atoms with Crippen LogP contribution in [0, 0.1) is 5.41 Å². The first-order valence-electron chi connectivity index (χ1n) is 8.56. The molecule has 0 aliphatic carbocycles. The van der Waals surface area contributed by atoms with Gasteiger partial charge in [0, 0.05) is 31.2 Å². The van der Waals surface area contributed by atoms with Crippen LogP contribution in [0.3, 0.4) is 0 Å². The van der Waals surface area contributed by atoms with Gasteiger partial charge in [-0.25, -0.2) is 0 Å². The Hall–Kier alpha value is -0.160. The molecular formula is C16H29N3O. The first-order chi connectivity index (χ1) is 9.75. The van der Waals surface area contributed by atoms with Crippen LogP contribution >= 0.6 is 0 Å². The van der Waals surface area contributed by atoms with Gasteiger partial charge >= 0.3 is 0 Å². The number of piperidine rings is 1. The van der Waals surface area contributed by atoms with Crippen LogP contribution < -0.4 is 5.32 Å². The van der Waals surface area contributed by atoms with Crippen LogP contribution in [0.1, 0.15) is 38.5 Å². The Bertz CT molecular complexity index is 361. The zero-order valence-electron chi connectivity index (χ0n) is 12.6. The highest BCUT2D eigenvalue weighted by molar-refractivity contribution is 5.05. The molecule has 4 saturated heterocycles. The zero-order chi connectivity index (χ0) is 13.6. The topological polar surface area (TPSA) is 38.7 Å². The van der Waals surface area contributed by atoms with E-state index in [4.69, 9.17) is 0 Å². The smallest absolute Gasteiger partial charge is 0.0615 e. The van der Waals surface area contributed by atoms with Crippen molar-refractivity contribution in [3.05, 3.63) is 0 Å². The van der Waals surface area contributed by atoms with Crippen molar-refractivity contribution in [1.29, 1.82) is 0 Å². The highest BCUT2D eigenvalue weighted by Gasteiger charge is 2.49. The lowest BCUT2D eigenvalue weighted by atomic mass is 9.73. The van der Waals surface area contributed by atoms with Crippen molar-refractivity contribution in [2.75, 3.05) is 45.9 Å². The third-order valence-corrected chi connectivity index (χ3v) is 6.71. The number of aliphatic hydroxyl groups is 1. The summed E-state index contributed by atoms with van der Waals surface area (Å²) in [5.41, 5.74) is 0.828. The quantitative estimate of drug-likeness (QED) is 0.796. The van der Waals surface area contributed by atoms with E-state index in [1.165, 1.54) is 77.8 Å². The highest BCUT2D eigenvalue weighted by atomic mass is 16.3. The molecular weight excluding hydrogens is 250 g/mol. The molecule has 0 aromatic rings. The summed E-state index contributed by atoms with van der Waals surface area (Å²) in [7, 11) is 0. The largest absolute Gasteiger partial charge is 0.394 e. The third-order valence-electron chi connectivity index (χ3n) is 6.71. The Morgan fingerprint density at radius 1 is 1.05 bits per heavy atom. The number of likely N-dealkylation sites (tertiary alicyclic amines) is 1. The minimum absolute atomic E-state index is 0.166. The molecule has 114 valence electrons. The Kier molecular flexibility index (Phi) is 3.33. The second kappa shape index (κ2) is 4.94. The number of rotatable bonds is 3. The van der Waals surface area contributed by atoms with E-state index in [0.29, 0.717) is 18.1 Å². The van der Waals surface area contributed by atoms with Gasteiger partial charge in [-0.15, -0.1) is 0 Å². The minimum atomic E-state index is 0.166. The van der Waals surface area contributed by atoms with Gasteiger partial charge in [-0.1, -0.05) is 0 Å². The lowest BCUT2D eigenvalue weighted by molar-refractivity contribution is 0.0294. The molecule has 4 heterocycles. The summed E-state index contributed by atoms with van der Waals surface area (Å²) < 4.78 is 0. The molecule has 0 aromatic heterocycles. The summed E-state index contributed by atoms with van der Waals surface area (Å²) in [6, 6.07) is 0.707. The van der Waals surface area contributed by atoms with Gasteiger partial charge in [0.15, 0.2) is 0 Å². The van der Waals surface area contributed by atoms with Crippen LogP contribution in [0.25, 0.3) is 0 Å². The van der Waals surface area contributed by atoms with Crippen molar-refractivity contribution in [3.63, 3.8) is 0 Å². The second-order valence-corrected chi connectivity index (χ2v) is 7.78. The van der Waals surface area contributed by atoms with Crippen molar-refractivity contribution in [1.82, 2.24) is 15.1 Å². The van der Waals surface area contributed by atoms with E-state index in [2.05, 4.69) is 15.1 Å². The Balaban J connectivity index is 1.34. The van der Waals surface area contributed by atoms with Gasteiger partial charge < -0.3 is 15.3 Å². The van der Waals surface area contributed by atoms with Gasteiger partial charge in [0.05, 0.1) is 6.61 Å². The van der Waals surface area contributed by atoms with E-state index in [0.717, 1.165) is 0 Å². The molecule has 2 atom stereocenters. The second-order valence-electron chi connectivity index (χ2n) is 7.78. The predicted molar refractivity (Wildman–Crippen MR) is 79.8 cm³/mol. The van der Waals surface area contributed by atoms with Crippen LogP contribution in [0.4, 0.5) is 0 Å². The minimum Gasteiger partial charge on any atom is -0.394 e. The molecule has 4 nitrogen and oxygen atoms in total. The molecule has 4 fully saturated rings. The Labute approximate surface area is 122 Å². The van der Waals surface area contributed by atoms with Gasteiger partial charge in [0.25, 0.3) is 0 Å². The van der Waals surface area contributed by atoms with Crippen LogP contribution in [0.15, 0.2) is 0 Å². The van der Waals surface area contributed by atoms with E-state index in [1.807, 2.05) is 0 Å². The maximum atomic E-state index is 9.80. The summed E-state index contributed by atoms with van der Waals surface area (Å²) in [6.45, 7) is 7.92. The molecule has 4 heteroatoms. The maximum Gasteiger partial charge on any atom is 0.0615 e. The van der Waals surface area contributed by atoms with Crippen molar-refractivity contribution in [3.8, 4) is 0 Å². The monoisotopic (exact) mass is 279 g/mol. The fraction of sp³-hybridized carbons (Fsp3) is 1.00. The van der Waals surface area contributed by atoms with Gasteiger partial charge in [-0.2, -0.15) is 0 Å². The molecule has 0 amide bonds. The highest BCUT2D eigenvalue weighted by Crippen LogP contribution is 2.43. The van der Waals surface area contributed by atoms with Crippen molar-refractivity contribution in [2.24, 2.45) is 5.41 Å². The molecule has 2 N–H and O–H groups in total. The standard InChI is InChI=1S/C16H29N3O/c20-13-16-3-1-7-19(16)14(2-4-16)10-18-8-5-15(6-9-18)11-17-12-15/h14,17,20H,1-13H2. The Morgan fingerprint density at radius 3 is 2.50 bits per heavy atom. The molecule has 0 bridgehead atoms. The lowest BCUT2D eigenvalue weighted by Gasteiger charge is -2.49. The number of nitrogens with one attached hydrogen (secondary N) is 1. The third kappa shape index (κ3) is 2.04. The normalized spacial score (nSPS) is 41.0. The molecule has 2 unspecified atom stereocenters. The number of nitrogens with zero attached hydrogens (tertiary/aromatic N) is 2. The lowest BCUT2D eigenvalue weighted by Crippen LogP contribution is -2.59. The fourth-order valence-electron chi connectivity index (χ4n) is 5.17. The van der Waals surface area contributed by atoms with Gasteiger partial charge in [-0.05, 0) is 63.6 Å². The molecule has 4 rings (SSSR count). The van der Waals surface area contributed by atoms with E-state index >= 15 is 0 Å². The van der Waals surface area contributed by atoms with Crippen LogP contribution in [0.2, 0.25) is 0 Å². The molecule has 0 saturated carbocycles. The SMILES string of the molecule is OCC12CCCN1C(CN1CCC3(CC1)CNC3)CC2. The molecule has 20 heavy (non-hydrogen) atoms. The predicted octanol–water partition coefficient (Wildman–Crippen LogP) is 0.661. The summed E-state index contributed by atoms with van der Waals surface area (Å²) >= 11 is 0. The van der Waals surface area contributed by atoms with Gasteiger partial charge in [-0.3, -0.25) is 4.90 Å². The molecule has 0 aromatic carbocycles. The van der Waals surface area contributed by atoms with E-state index in [-0.39, 0.29) is 5.54 Å². The van der Waals surface area contributed by atoms with Crippen molar-refractivity contribution >= 4 is 0 Å². The van der Waals surface area contributed by atoms with Gasteiger partial charge in [0.1, 0.15) is 0 Å². The molecule has 4 aliphatic rings. The first-order valence-corrected chi connectivity index (χ1v) is 8.56. The first kappa shape index (κ1) is 13.5. The summed E-state index contributed by atoms with van der Waals surface area (Å²) in [5, 5.41) is 13.2. The number of hydrogen-bond acceptors (Lipinski definition) is 4. The number of aliphatic hydroxyl groups excluding tert-OH is 1. The summed E-state index contributed by atoms with van der Waals surface area (Å²) in [6.07, 6.45) is 7.79. The average Bonchev–Trinajstić information content (AvgIpc) is 2.99. The summed E-state index contributed by atoms with van der Waals surface area (Å²) in [5.74, 6) is 0. The average molecular weight is 279 g/mol. The van der Waals surface area contributed by atoms with E-state index in [1.54, 1.807) is 0 Å². The summed E-state index contributed by atoms with van der Waals surface area (Å²) in [4.78, 5) is 5.35. The van der Waals surface area contributed by atoms with E-state index in [9.17, 15) is 5.11 Å². The number of hydrogen-bond donors (Lipinski definition) is 2. The number of fused-ring (bicyclic) bond motifs is 1. The maximum absolute atomic E-state index is 9.80. The van der Waals surface area contributed by atoms with E-state index < -0.39 is 0 Å². The van der Waals surface area contributed by atoms with Crippen LogP contribution in [0.5, 0.6) is 0 Å². The molecule has 4 aliphatic heterocycles. The molecule has 1 spiro atoms. The fourth-order valence-corrected chi connectivity index (χ4v) is 5.17. The van der Waals surface area contributed by atoms with Crippen molar-refractivity contribution < 1.29 is 5.11 Å². The zero-order valence-corrected chi connectivity index (χ0v) is 12.6. The van der Waals surface area contributed by atoms with Gasteiger partial charge in [0.2, 0.25) is 0 Å².